The molecule has 0 amide bonds. The van der Waals surface area contributed by atoms with E-state index in [9.17, 15) is 0 Å². The quantitative estimate of drug-likeness (QED) is 0.421. The van der Waals surface area contributed by atoms with E-state index in [4.69, 9.17) is 0 Å². The van der Waals surface area contributed by atoms with Crippen LogP contribution in [0.15, 0.2) is 79.1 Å². The number of hydrogen-bond donors (Lipinski definition) is 0. The van der Waals surface area contributed by atoms with Crippen LogP contribution in [0.4, 0.5) is 0 Å². The zero-order valence-corrected chi connectivity index (χ0v) is 14.1. The third kappa shape index (κ3) is 2.14. The Balaban J connectivity index is 1.77. The van der Waals surface area contributed by atoms with Crippen molar-refractivity contribution in [1.82, 2.24) is 9.55 Å². The van der Waals surface area contributed by atoms with Gasteiger partial charge in [0.15, 0.2) is 0 Å². The molecular weight excluding hydrogens is 304 g/mol. The van der Waals surface area contributed by atoms with E-state index < -0.39 is 0 Å². The predicted octanol–water partition coefficient (Wildman–Crippen LogP) is 5.47. The zero-order chi connectivity index (χ0) is 16.8. The van der Waals surface area contributed by atoms with Crippen molar-refractivity contribution in [3.8, 4) is 0 Å². The minimum absolute atomic E-state index is 0.889. The first-order valence-electron chi connectivity index (χ1n) is 8.59. The first kappa shape index (κ1) is 14.2. The van der Waals surface area contributed by atoms with E-state index in [0.717, 1.165) is 6.42 Å². The second kappa shape index (κ2) is 5.45. The lowest BCUT2D eigenvalue weighted by atomic mass is 9.97. The molecule has 0 unspecified atom stereocenters. The number of pyridine rings is 1. The monoisotopic (exact) mass is 322 g/mol. The van der Waals surface area contributed by atoms with Crippen LogP contribution in [0.3, 0.4) is 0 Å². The fourth-order valence-corrected chi connectivity index (χ4v) is 3.95. The number of rotatable bonds is 2. The van der Waals surface area contributed by atoms with Crippen molar-refractivity contribution >= 4 is 32.6 Å². The Morgan fingerprint density at radius 2 is 1.48 bits per heavy atom. The van der Waals surface area contributed by atoms with Crippen LogP contribution >= 0.6 is 0 Å². The standard InChI is InChI=1S/C23H18N2/c1-25-21-12-5-4-11-20(21)23-18(14-24-15-22(23)25)13-17-9-6-8-16-7-2-3-10-19(16)17/h2-12,14-15H,13H2,1H3. The molecule has 2 aromatic heterocycles. The SMILES string of the molecule is Cn1c2ccccc2c2c(Cc3cccc4ccccc34)cncc21. The molecule has 3 aromatic carbocycles. The average Bonchev–Trinajstić information content (AvgIpc) is 2.96. The maximum absolute atomic E-state index is 4.52. The second-order valence-corrected chi connectivity index (χ2v) is 6.58. The van der Waals surface area contributed by atoms with Crippen LogP contribution in [-0.2, 0) is 13.5 Å². The van der Waals surface area contributed by atoms with Gasteiger partial charge >= 0.3 is 0 Å². The van der Waals surface area contributed by atoms with Crippen molar-refractivity contribution < 1.29 is 0 Å². The molecule has 25 heavy (non-hydrogen) atoms. The molecule has 0 radical (unpaired) electrons. The Morgan fingerprint density at radius 3 is 2.40 bits per heavy atom. The summed E-state index contributed by atoms with van der Waals surface area (Å²) in [6, 6.07) is 23.7. The number of aromatic nitrogens is 2. The van der Waals surface area contributed by atoms with Gasteiger partial charge in [-0.15, -0.1) is 0 Å². The molecule has 2 heterocycles. The highest BCUT2D eigenvalue weighted by molar-refractivity contribution is 6.09. The van der Waals surface area contributed by atoms with Gasteiger partial charge in [-0.1, -0.05) is 60.7 Å². The molecule has 2 heteroatoms. The van der Waals surface area contributed by atoms with Crippen molar-refractivity contribution in [3.63, 3.8) is 0 Å². The van der Waals surface area contributed by atoms with Crippen molar-refractivity contribution in [1.29, 1.82) is 0 Å². The number of para-hydroxylation sites is 1. The lowest BCUT2D eigenvalue weighted by molar-refractivity contribution is 1.01. The minimum atomic E-state index is 0.889. The number of nitrogens with zero attached hydrogens (tertiary/aromatic N) is 2. The van der Waals surface area contributed by atoms with E-state index in [1.165, 1.54) is 43.7 Å². The largest absolute Gasteiger partial charge is 0.342 e. The molecule has 0 aliphatic carbocycles. The maximum atomic E-state index is 4.52. The highest BCUT2D eigenvalue weighted by Gasteiger charge is 2.13. The van der Waals surface area contributed by atoms with Crippen LogP contribution in [0.25, 0.3) is 32.6 Å². The molecule has 0 N–H and O–H groups in total. The molecule has 5 aromatic rings. The summed E-state index contributed by atoms with van der Waals surface area (Å²) >= 11 is 0. The molecule has 0 fully saturated rings. The highest BCUT2D eigenvalue weighted by atomic mass is 14.9. The van der Waals surface area contributed by atoms with E-state index in [0.29, 0.717) is 0 Å². The molecule has 0 atom stereocenters. The molecule has 0 spiro atoms. The van der Waals surface area contributed by atoms with Crippen LogP contribution in [-0.4, -0.2) is 9.55 Å². The minimum Gasteiger partial charge on any atom is -0.342 e. The zero-order valence-electron chi connectivity index (χ0n) is 14.1. The Kier molecular flexibility index (Phi) is 3.10. The summed E-state index contributed by atoms with van der Waals surface area (Å²) < 4.78 is 2.24. The van der Waals surface area contributed by atoms with E-state index >= 15 is 0 Å². The van der Waals surface area contributed by atoms with Gasteiger partial charge in [-0.25, -0.2) is 0 Å². The normalized spacial score (nSPS) is 11.6. The van der Waals surface area contributed by atoms with Gasteiger partial charge in [-0.2, -0.15) is 0 Å². The van der Waals surface area contributed by atoms with E-state index in [1.54, 1.807) is 0 Å². The summed E-state index contributed by atoms with van der Waals surface area (Å²) in [4.78, 5) is 4.52. The summed E-state index contributed by atoms with van der Waals surface area (Å²) in [6.07, 6.45) is 4.89. The topological polar surface area (TPSA) is 17.8 Å². The Hall–Kier alpha value is -3.13. The maximum Gasteiger partial charge on any atom is 0.0678 e. The number of fused-ring (bicyclic) bond motifs is 4. The van der Waals surface area contributed by atoms with Crippen LogP contribution in [0, 0.1) is 0 Å². The Labute approximate surface area is 146 Å². The molecule has 5 rings (SSSR count). The van der Waals surface area contributed by atoms with Gasteiger partial charge in [0, 0.05) is 36.0 Å². The fourth-order valence-electron chi connectivity index (χ4n) is 3.95. The summed E-state index contributed by atoms with van der Waals surface area (Å²) in [7, 11) is 2.12. The van der Waals surface area contributed by atoms with Gasteiger partial charge in [-0.3, -0.25) is 4.98 Å². The molecule has 0 aliphatic heterocycles. The van der Waals surface area contributed by atoms with Crippen LogP contribution in [0.5, 0.6) is 0 Å². The van der Waals surface area contributed by atoms with Crippen molar-refractivity contribution in [2.24, 2.45) is 7.05 Å². The van der Waals surface area contributed by atoms with Gasteiger partial charge in [-0.05, 0) is 28.0 Å². The predicted molar refractivity (Wildman–Crippen MR) is 105 cm³/mol. The van der Waals surface area contributed by atoms with Gasteiger partial charge in [0.25, 0.3) is 0 Å². The lowest BCUT2D eigenvalue weighted by Gasteiger charge is -2.08. The third-order valence-corrected chi connectivity index (χ3v) is 5.16. The first-order chi connectivity index (χ1) is 12.3. The molecule has 120 valence electrons. The Morgan fingerprint density at radius 1 is 0.720 bits per heavy atom. The smallest absolute Gasteiger partial charge is 0.0678 e. The van der Waals surface area contributed by atoms with Gasteiger partial charge in [0.2, 0.25) is 0 Å². The molecule has 0 saturated heterocycles. The summed E-state index contributed by atoms with van der Waals surface area (Å²) in [6.45, 7) is 0. The fraction of sp³-hybridized carbons (Fsp3) is 0.0870. The molecular formula is C23H18N2. The number of benzene rings is 3. The number of hydrogen-bond acceptors (Lipinski definition) is 1. The Bertz CT molecular complexity index is 1230. The third-order valence-electron chi connectivity index (χ3n) is 5.16. The molecule has 0 saturated carbocycles. The molecule has 0 aliphatic rings. The summed E-state index contributed by atoms with van der Waals surface area (Å²) in [5.41, 5.74) is 5.08. The van der Waals surface area contributed by atoms with Crippen molar-refractivity contribution in [2.45, 2.75) is 6.42 Å². The molecule has 0 bridgehead atoms. The van der Waals surface area contributed by atoms with Crippen molar-refractivity contribution in [3.05, 3.63) is 90.3 Å². The lowest BCUT2D eigenvalue weighted by Crippen LogP contribution is -1.93. The van der Waals surface area contributed by atoms with Crippen LogP contribution < -0.4 is 0 Å². The van der Waals surface area contributed by atoms with E-state index in [2.05, 4.69) is 83.3 Å². The van der Waals surface area contributed by atoms with Crippen LogP contribution in [0.2, 0.25) is 0 Å². The first-order valence-corrected chi connectivity index (χ1v) is 8.59. The van der Waals surface area contributed by atoms with Crippen molar-refractivity contribution in [2.75, 3.05) is 0 Å². The summed E-state index contributed by atoms with van der Waals surface area (Å²) in [5.74, 6) is 0. The average molecular weight is 322 g/mol. The van der Waals surface area contributed by atoms with E-state index in [-0.39, 0.29) is 0 Å². The summed E-state index contributed by atoms with van der Waals surface area (Å²) in [5, 5.41) is 5.24. The highest BCUT2D eigenvalue weighted by Crippen LogP contribution is 2.32. The molecule has 2 nitrogen and oxygen atoms in total. The van der Waals surface area contributed by atoms with Gasteiger partial charge in [0.05, 0.1) is 11.7 Å². The number of aryl methyl sites for hydroxylation is 1. The van der Waals surface area contributed by atoms with Gasteiger partial charge < -0.3 is 4.57 Å². The van der Waals surface area contributed by atoms with Gasteiger partial charge in [0.1, 0.15) is 0 Å². The van der Waals surface area contributed by atoms with Crippen LogP contribution in [0.1, 0.15) is 11.1 Å². The second-order valence-electron chi connectivity index (χ2n) is 6.58. The van der Waals surface area contributed by atoms with E-state index in [1.807, 2.05) is 12.4 Å².